The number of methoxy groups -OCH3 is 1. The van der Waals surface area contributed by atoms with E-state index >= 15 is 0 Å². The highest BCUT2D eigenvalue weighted by molar-refractivity contribution is 5.92. The van der Waals surface area contributed by atoms with E-state index in [1.165, 1.54) is 0 Å². The number of aromatic hydroxyl groups is 1. The highest BCUT2D eigenvalue weighted by atomic mass is 16.5. The molecule has 0 saturated carbocycles. The van der Waals surface area contributed by atoms with Crippen LogP contribution in [0.3, 0.4) is 0 Å². The number of phenols is 1. The smallest absolute Gasteiger partial charge is 0.274 e. The van der Waals surface area contributed by atoms with Crippen molar-refractivity contribution in [1.29, 1.82) is 0 Å². The molecule has 3 heterocycles. The average Bonchev–Trinajstić information content (AvgIpc) is 3.35. The number of aromatic nitrogens is 2. The van der Waals surface area contributed by atoms with Gasteiger partial charge in [0.25, 0.3) is 5.91 Å². The monoisotopic (exact) mass is 398 g/mol. The standard InChI is InChI=1S/C22H30N4O3/c1-16(12-17-6-7-20(27)21(13-17)29-2)25-10-5-11-26-18(15-25)14-19(23-26)22(28)24-8-3-4-9-24/h6-7,13-14,16,27H,3-5,8-12,15H2,1-2H3. The van der Waals surface area contributed by atoms with Crippen LogP contribution in [0.4, 0.5) is 0 Å². The quantitative estimate of drug-likeness (QED) is 0.839. The van der Waals surface area contributed by atoms with Crippen LogP contribution in [0, 0.1) is 0 Å². The first-order valence-corrected chi connectivity index (χ1v) is 10.5. The second kappa shape index (κ2) is 8.45. The Balaban J connectivity index is 1.46. The van der Waals surface area contributed by atoms with Crippen molar-refractivity contribution in [3.63, 3.8) is 0 Å². The summed E-state index contributed by atoms with van der Waals surface area (Å²) in [6.45, 7) is 6.55. The first-order chi connectivity index (χ1) is 14.0. The van der Waals surface area contributed by atoms with Crippen LogP contribution in [-0.4, -0.2) is 63.4 Å². The molecular formula is C22H30N4O3. The van der Waals surface area contributed by atoms with Crippen molar-refractivity contribution in [2.75, 3.05) is 26.7 Å². The molecule has 1 atom stereocenters. The number of fused-ring (bicyclic) bond motifs is 1. The van der Waals surface area contributed by atoms with Crippen LogP contribution in [0.2, 0.25) is 0 Å². The molecule has 2 aromatic rings. The van der Waals surface area contributed by atoms with Gasteiger partial charge in [-0.05, 0) is 56.4 Å². The fourth-order valence-corrected chi connectivity index (χ4v) is 4.37. The number of hydrogen-bond acceptors (Lipinski definition) is 5. The molecule has 1 N–H and O–H groups in total. The number of carbonyl (C=O) groups excluding carboxylic acids is 1. The molecular weight excluding hydrogens is 368 g/mol. The lowest BCUT2D eigenvalue weighted by molar-refractivity contribution is 0.0786. The van der Waals surface area contributed by atoms with E-state index in [1.807, 2.05) is 27.8 Å². The highest BCUT2D eigenvalue weighted by Gasteiger charge is 2.26. The number of benzene rings is 1. The van der Waals surface area contributed by atoms with Gasteiger partial charge in [-0.25, -0.2) is 0 Å². The molecule has 1 unspecified atom stereocenters. The summed E-state index contributed by atoms with van der Waals surface area (Å²) in [4.78, 5) is 17.1. The van der Waals surface area contributed by atoms with Gasteiger partial charge in [0.1, 0.15) is 0 Å². The van der Waals surface area contributed by atoms with Gasteiger partial charge in [0.15, 0.2) is 17.2 Å². The number of rotatable bonds is 5. The summed E-state index contributed by atoms with van der Waals surface area (Å²) < 4.78 is 7.25. The number of hydrogen-bond donors (Lipinski definition) is 1. The molecule has 29 heavy (non-hydrogen) atoms. The average molecular weight is 399 g/mol. The van der Waals surface area contributed by atoms with Gasteiger partial charge in [-0.15, -0.1) is 0 Å². The first kappa shape index (κ1) is 19.8. The van der Waals surface area contributed by atoms with Crippen molar-refractivity contribution in [1.82, 2.24) is 19.6 Å². The lowest BCUT2D eigenvalue weighted by Crippen LogP contribution is -2.34. The van der Waals surface area contributed by atoms with Crippen molar-refractivity contribution in [2.24, 2.45) is 0 Å². The minimum Gasteiger partial charge on any atom is -0.504 e. The fourth-order valence-electron chi connectivity index (χ4n) is 4.37. The molecule has 0 spiro atoms. The summed E-state index contributed by atoms with van der Waals surface area (Å²) >= 11 is 0. The molecule has 2 aliphatic heterocycles. The van der Waals surface area contributed by atoms with Crippen LogP contribution >= 0.6 is 0 Å². The summed E-state index contributed by atoms with van der Waals surface area (Å²) in [5.74, 6) is 0.741. The maximum absolute atomic E-state index is 12.7. The van der Waals surface area contributed by atoms with Gasteiger partial charge >= 0.3 is 0 Å². The summed E-state index contributed by atoms with van der Waals surface area (Å²) in [5, 5.41) is 14.4. The molecule has 4 rings (SSSR count). The van der Waals surface area contributed by atoms with Crippen LogP contribution in [0.5, 0.6) is 11.5 Å². The zero-order valence-corrected chi connectivity index (χ0v) is 17.3. The van der Waals surface area contributed by atoms with Gasteiger partial charge in [0, 0.05) is 38.8 Å². The van der Waals surface area contributed by atoms with Crippen molar-refractivity contribution >= 4 is 5.91 Å². The molecule has 7 nitrogen and oxygen atoms in total. The van der Waals surface area contributed by atoms with E-state index in [4.69, 9.17) is 4.74 Å². The lowest BCUT2D eigenvalue weighted by atomic mass is 10.0. The van der Waals surface area contributed by atoms with Crippen LogP contribution in [-0.2, 0) is 19.5 Å². The van der Waals surface area contributed by atoms with Gasteiger partial charge < -0.3 is 14.7 Å². The zero-order valence-electron chi connectivity index (χ0n) is 17.3. The Morgan fingerprint density at radius 2 is 1.97 bits per heavy atom. The third-order valence-corrected chi connectivity index (χ3v) is 6.05. The van der Waals surface area contributed by atoms with Crippen LogP contribution in [0.25, 0.3) is 0 Å². The first-order valence-electron chi connectivity index (χ1n) is 10.5. The molecule has 1 amide bonds. The Morgan fingerprint density at radius 1 is 1.17 bits per heavy atom. The van der Waals surface area contributed by atoms with E-state index in [9.17, 15) is 9.90 Å². The normalized spacial score (nSPS) is 18.3. The number of nitrogens with zero attached hydrogens (tertiary/aromatic N) is 4. The zero-order chi connectivity index (χ0) is 20.4. The molecule has 156 valence electrons. The number of aryl methyl sites for hydroxylation is 1. The minimum absolute atomic E-state index is 0.0684. The summed E-state index contributed by atoms with van der Waals surface area (Å²) in [6.07, 6.45) is 4.05. The molecule has 1 aromatic heterocycles. The van der Waals surface area contributed by atoms with Crippen LogP contribution < -0.4 is 4.74 Å². The summed E-state index contributed by atoms with van der Waals surface area (Å²) in [6, 6.07) is 7.84. The number of likely N-dealkylation sites (tertiary alicyclic amines) is 1. The van der Waals surface area contributed by atoms with E-state index in [-0.39, 0.29) is 11.7 Å². The topological polar surface area (TPSA) is 70.8 Å². The summed E-state index contributed by atoms with van der Waals surface area (Å²) in [7, 11) is 1.57. The van der Waals surface area contributed by atoms with Gasteiger partial charge in [0.05, 0.1) is 12.8 Å². The van der Waals surface area contributed by atoms with Gasteiger partial charge in [-0.3, -0.25) is 14.4 Å². The van der Waals surface area contributed by atoms with Crippen molar-refractivity contribution in [2.45, 2.75) is 51.7 Å². The Hall–Kier alpha value is -2.54. The van der Waals surface area contributed by atoms with E-state index < -0.39 is 0 Å². The second-order valence-electron chi connectivity index (χ2n) is 8.13. The predicted molar refractivity (Wildman–Crippen MR) is 110 cm³/mol. The van der Waals surface area contributed by atoms with Crippen LogP contribution in [0.1, 0.15) is 47.9 Å². The van der Waals surface area contributed by atoms with E-state index in [2.05, 4.69) is 16.9 Å². The minimum atomic E-state index is 0.0684. The Morgan fingerprint density at radius 3 is 2.72 bits per heavy atom. The van der Waals surface area contributed by atoms with E-state index in [0.717, 1.165) is 69.7 Å². The molecule has 0 bridgehead atoms. The summed E-state index contributed by atoms with van der Waals surface area (Å²) in [5.41, 5.74) is 2.83. The fraction of sp³-hybridized carbons (Fsp3) is 0.545. The number of ether oxygens (including phenoxy) is 1. The predicted octanol–water partition coefficient (Wildman–Crippen LogP) is 2.67. The van der Waals surface area contributed by atoms with E-state index in [1.54, 1.807) is 13.2 Å². The number of phenolic OH excluding ortho intramolecular Hbond substituents is 1. The number of amides is 1. The Kier molecular flexibility index (Phi) is 5.76. The highest BCUT2D eigenvalue weighted by Crippen LogP contribution is 2.27. The molecule has 1 fully saturated rings. The van der Waals surface area contributed by atoms with Gasteiger partial charge in [-0.2, -0.15) is 5.10 Å². The third kappa shape index (κ3) is 4.24. The molecule has 7 heteroatoms. The van der Waals surface area contributed by atoms with Crippen LogP contribution in [0.15, 0.2) is 24.3 Å². The van der Waals surface area contributed by atoms with Crippen molar-refractivity contribution < 1.29 is 14.6 Å². The largest absolute Gasteiger partial charge is 0.504 e. The third-order valence-electron chi connectivity index (χ3n) is 6.05. The SMILES string of the molecule is COc1cc(CC(C)N2CCCn3nc(C(=O)N4CCCC4)cc3C2)ccc1O. The Bertz CT molecular complexity index is 873. The van der Waals surface area contributed by atoms with Gasteiger partial charge in [-0.1, -0.05) is 6.07 Å². The molecule has 1 saturated heterocycles. The number of carbonyl (C=O) groups is 1. The maximum atomic E-state index is 12.7. The van der Waals surface area contributed by atoms with E-state index in [0.29, 0.717) is 17.5 Å². The maximum Gasteiger partial charge on any atom is 0.274 e. The van der Waals surface area contributed by atoms with Gasteiger partial charge in [0.2, 0.25) is 0 Å². The molecule has 0 radical (unpaired) electrons. The second-order valence-corrected chi connectivity index (χ2v) is 8.13. The van der Waals surface area contributed by atoms with Crippen molar-refractivity contribution in [3.8, 4) is 11.5 Å². The molecule has 0 aliphatic carbocycles. The van der Waals surface area contributed by atoms with Crippen molar-refractivity contribution in [3.05, 3.63) is 41.2 Å². The lowest BCUT2D eigenvalue weighted by Gasteiger charge is -2.27. The Labute approximate surface area is 171 Å². The molecule has 1 aromatic carbocycles. The molecule has 2 aliphatic rings.